The Balaban J connectivity index is 1.58. The maximum atomic E-state index is 6.70. The van der Waals surface area contributed by atoms with Gasteiger partial charge in [0.15, 0.2) is 0 Å². The van der Waals surface area contributed by atoms with E-state index in [1.807, 2.05) is 18.2 Å². The summed E-state index contributed by atoms with van der Waals surface area (Å²) < 4.78 is 13.4. The zero-order valence-corrected chi connectivity index (χ0v) is 18.5. The van der Waals surface area contributed by atoms with Crippen molar-refractivity contribution in [3.8, 4) is 11.5 Å². The van der Waals surface area contributed by atoms with Crippen LogP contribution in [0.15, 0.2) is 52.0 Å². The normalized spacial score (nSPS) is 22.7. The number of likely N-dealkylation sites (tertiary alicyclic amines) is 1. The molecule has 5 nitrogen and oxygen atoms in total. The van der Waals surface area contributed by atoms with E-state index in [2.05, 4.69) is 57.0 Å². The van der Waals surface area contributed by atoms with Crippen molar-refractivity contribution in [1.29, 1.82) is 0 Å². The van der Waals surface area contributed by atoms with Crippen molar-refractivity contribution in [2.45, 2.75) is 38.0 Å². The zero-order valence-electron chi connectivity index (χ0n) is 16.9. The first-order valence-electron chi connectivity index (χ1n) is 10.3. The number of hydrogen-bond acceptors (Lipinski definition) is 5. The van der Waals surface area contributed by atoms with E-state index >= 15 is 0 Å². The van der Waals surface area contributed by atoms with Crippen molar-refractivity contribution in [2.24, 2.45) is 5.10 Å². The van der Waals surface area contributed by atoms with Gasteiger partial charge in [-0.15, -0.1) is 0 Å². The van der Waals surface area contributed by atoms with Crippen molar-refractivity contribution in [3.05, 3.63) is 58.1 Å². The molecular formula is C23H26BrN3O2. The second kappa shape index (κ2) is 7.33. The molecule has 5 rings (SSSR count). The standard InChI is InChI=1S/C23H26BrN3O2/c1-3-26-12-10-23(11-13-26)27-20(18-14-16(24)8-9-22(18)29-23)15-19(25-27)17-6-4-5-7-21(17)28-2/h4-9,14,20H,3,10-13,15H2,1-2H3/t20-/m1/s1. The van der Waals surface area contributed by atoms with Gasteiger partial charge >= 0.3 is 0 Å². The molecule has 152 valence electrons. The number of nitrogens with zero attached hydrogens (tertiary/aromatic N) is 3. The monoisotopic (exact) mass is 455 g/mol. The Hall–Kier alpha value is -2.05. The number of methoxy groups -OCH3 is 1. The Labute approximate surface area is 180 Å². The number of ether oxygens (including phenoxy) is 2. The summed E-state index contributed by atoms with van der Waals surface area (Å²) in [6.07, 6.45) is 2.76. The fourth-order valence-corrected chi connectivity index (χ4v) is 5.23. The highest BCUT2D eigenvalue weighted by molar-refractivity contribution is 9.10. The summed E-state index contributed by atoms with van der Waals surface area (Å²) >= 11 is 3.64. The Morgan fingerprint density at radius 3 is 2.76 bits per heavy atom. The summed E-state index contributed by atoms with van der Waals surface area (Å²) in [4.78, 5) is 2.49. The molecule has 1 fully saturated rings. The Morgan fingerprint density at radius 2 is 2.00 bits per heavy atom. The highest BCUT2D eigenvalue weighted by Crippen LogP contribution is 2.50. The lowest BCUT2D eigenvalue weighted by atomic mass is 9.90. The van der Waals surface area contributed by atoms with Crippen LogP contribution in [0, 0.1) is 0 Å². The van der Waals surface area contributed by atoms with Gasteiger partial charge in [-0.1, -0.05) is 35.0 Å². The predicted octanol–water partition coefficient (Wildman–Crippen LogP) is 4.81. The lowest BCUT2D eigenvalue weighted by molar-refractivity contribution is -0.149. The third-order valence-electron chi connectivity index (χ3n) is 6.46. The molecule has 0 saturated carbocycles. The van der Waals surface area contributed by atoms with E-state index in [1.165, 1.54) is 5.56 Å². The first-order valence-corrected chi connectivity index (χ1v) is 11.1. The summed E-state index contributed by atoms with van der Waals surface area (Å²) in [5, 5.41) is 7.42. The summed E-state index contributed by atoms with van der Waals surface area (Å²) in [7, 11) is 1.72. The predicted molar refractivity (Wildman–Crippen MR) is 118 cm³/mol. The number of hydrazone groups is 1. The molecule has 0 radical (unpaired) electrons. The molecule has 0 bridgehead atoms. The van der Waals surface area contributed by atoms with Gasteiger partial charge in [-0.05, 0) is 36.9 Å². The van der Waals surface area contributed by atoms with Crippen LogP contribution in [-0.4, -0.2) is 48.1 Å². The maximum absolute atomic E-state index is 6.70. The van der Waals surface area contributed by atoms with E-state index in [4.69, 9.17) is 14.6 Å². The van der Waals surface area contributed by atoms with Crippen LogP contribution in [0.4, 0.5) is 0 Å². The van der Waals surface area contributed by atoms with E-state index in [0.29, 0.717) is 0 Å². The van der Waals surface area contributed by atoms with E-state index in [9.17, 15) is 0 Å². The average molecular weight is 456 g/mol. The highest BCUT2D eigenvalue weighted by Gasteiger charge is 2.51. The second-order valence-corrected chi connectivity index (χ2v) is 8.89. The number of benzene rings is 2. The van der Waals surface area contributed by atoms with Gasteiger partial charge in [0.1, 0.15) is 11.5 Å². The first kappa shape index (κ1) is 18.9. The number of hydrogen-bond donors (Lipinski definition) is 0. The highest BCUT2D eigenvalue weighted by atomic mass is 79.9. The van der Waals surface area contributed by atoms with Gasteiger partial charge < -0.3 is 14.4 Å². The lowest BCUT2D eigenvalue weighted by Gasteiger charge is -2.51. The molecule has 1 spiro atoms. The zero-order chi connectivity index (χ0) is 20.0. The van der Waals surface area contributed by atoms with Crippen LogP contribution in [0.5, 0.6) is 11.5 Å². The molecule has 3 aliphatic rings. The number of para-hydroxylation sites is 1. The maximum Gasteiger partial charge on any atom is 0.200 e. The van der Waals surface area contributed by atoms with Crippen LogP contribution in [-0.2, 0) is 0 Å². The topological polar surface area (TPSA) is 37.3 Å². The molecule has 29 heavy (non-hydrogen) atoms. The third kappa shape index (κ3) is 3.13. The van der Waals surface area contributed by atoms with Crippen LogP contribution in [0.1, 0.15) is 43.4 Å². The van der Waals surface area contributed by atoms with E-state index in [1.54, 1.807) is 7.11 Å². The Morgan fingerprint density at radius 1 is 1.21 bits per heavy atom. The molecule has 0 N–H and O–H groups in total. The number of piperidine rings is 1. The Kier molecular flexibility index (Phi) is 4.79. The molecule has 2 aromatic carbocycles. The van der Waals surface area contributed by atoms with Crippen LogP contribution >= 0.6 is 15.9 Å². The SMILES string of the molecule is CCN1CCC2(CC1)Oc1ccc(Br)cc1[C@H]1CC(c3ccccc3OC)=NN12. The number of rotatable bonds is 3. The fourth-order valence-electron chi connectivity index (χ4n) is 4.85. The fraction of sp³-hybridized carbons (Fsp3) is 0.435. The first-order chi connectivity index (χ1) is 14.1. The largest absolute Gasteiger partial charge is 0.496 e. The molecule has 3 aliphatic heterocycles. The molecule has 0 amide bonds. The Bertz CT molecular complexity index is 953. The number of fused-ring (bicyclic) bond motifs is 4. The molecule has 0 aromatic heterocycles. The van der Waals surface area contributed by atoms with Gasteiger partial charge in [0.05, 0.1) is 18.9 Å². The van der Waals surface area contributed by atoms with E-state index in [0.717, 1.165) is 66.1 Å². The number of halogens is 1. The summed E-state index contributed by atoms with van der Waals surface area (Å²) in [6, 6.07) is 14.7. The molecule has 1 saturated heterocycles. The molecule has 3 heterocycles. The van der Waals surface area contributed by atoms with Crippen molar-refractivity contribution in [2.75, 3.05) is 26.7 Å². The lowest BCUT2D eigenvalue weighted by Crippen LogP contribution is -2.59. The minimum absolute atomic E-state index is 0.185. The molecular weight excluding hydrogens is 430 g/mol. The van der Waals surface area contributed by atoms with E-state index < -0.39 is 0 Å². The quantitative estimate of drug-likeness (QED) is 0.664. The molecule has 1 atom stereocenters. The van der Waals surface area contributed by atoms with Gasteiger partial charge in [0.25, 0.3) is 0 Å². The van der Waals surface area contributed by atoms with Crippen LogP contribution in [0.3, 0.4) is 0 Å². The third-order valence-corrected chi connectivity index (χ3v) is 6.95. The van der Waals surface area contributed by atoms with Crippen molar-refractivity contribution >= 4 is 21.6 Å². The van der Waals surface area contributed by atoms with Crippen molar-refractivity contribution < 1.29 is 9.47 Å². The van der Waals surface area contributed by atoms with Gasteiger partial charge in [-0.2, -0.15) is 5.10 Å². The second-order valence-electron chi connectivity index (χ2n) is 7.98. The van der Waals surface area contributed by atoms with Crippen LogP contribution in [0.2, 0.25) is 0 Å². The van der Waals surface area contributed by atoms with E-state index in [-0.39, 0.29) is 11.8 Å². The minimum atomic E-state index is -0.374. The molecule has 0 aliphatic carbocycles. The smallest absolute Gasteiger partial charge is 0.200 e. The molecule has 2 aromatic rings. The van der Waals surface area contributed by atoms with Gasteiger partial charge in [-0.3, -0.25) is 0 Å². The minimum Gasteiger partial charge on any atom is -0.496 e. The summed E-state index contributed by atoms with van der Waals surface area (Å²) in [5.74, 6) is 1.87. The van der Waals surface area contributed by atoms with Crippen molar-refractivity contribution in [1.82, 2.24) is 9.91 Å². The summed E-state index contributed by atoms with van der Waals surface area (Å²) in [5.41, 5.74) is 2.97. The molecule has 0 unspecified atom stereocenters. The van der Waals surface area contributed by atoms with Crippen LogP contribution < -0.4 is 9.47 Å². The average Bonchev–Trinajstić information content (AvgIpc) is 3.22. The summed E-state index contributed by atoms with van der Waals surface area (Å²) in [6.45, 7) is 5.37. The van der Waals surface area contributed by atoms with Crippen molar-refractivity contribution in [3.63, 3.8) is 0 Å². The van der Waals surface area contributed by atoms with Crippen LogP contribution in [0.25, 0.3) is 0 Å². The van der Waals surface area contributed by atoms with Gasteiger partial charge in [-0.25, -0.2) is 5.01 Å². The van der Waals surface area contributed by atoms with Gasteiger partial charge in [0.2, 0.25) is 5.72 Å². The van der Waals surface area contributed by atoms with Gasteiger partial charge in [0, 0.05) is 48.0 Å². The molecule has 6 heteroatoms.